The van der Waals surface area contributed by atoms with Gasteiger partial charge < -0.3 is 0 Å². The molecule has 0 amide bonds. The Morgan fingerprint density at radius 3 is 2.69 bits per heavy atom. The van der Waals surface area contributed by atoms with E-state index < -0.39 is 0 Å². The minimum atomic E-state index is 0.691. The van der Waals surface area contributed by atoms with Crippen LogP contribution in [0.5, 0.6) is 0 Å². The molecule has 5 heteroatoms. The maximum atomic E-state index is 10.5. The lowest BCUT2D eigenvalue weighted by atomic mass is 10.2. The van der Waals surface area contributed by atoms with Crippen molar-refractivity contribution in [1.29, 1.82) is 0 Å². The lowest BCUT2D eigenvalue weighted by Gasteiger charge is -1.96. The van der Waals surface area contributed by atoms with E-state index in [1.807, 2.05) is 19.1 Å². The molecule has 2 rings (SSSR count). The molecule has 0 unspecified atom stereocenters. The Morgan fingerprint density at radius 2 is 2.12 bits per heavy atom. The zero-order chi connectivity index (χ0) is 11.4. The summed E-state index contributed by atoms with van der Waals surface area (Å²) < 4.78 is 5.16. The first kappa shape index (κ1) is 11.3. The summed E-state index contributed by atoms with van der Waals surface area (Å²) in [6, 6.07) is 7.44. The third kappa shape index (κ3) is 2.68. The highest BCUT2D eigenvalue weighted by Gasteiger charge is 2.04. The summed E-state index contributed by atoms with van der Waals surface area (Å²) in [7, 11) is 0. The molecule has 1 heterocycles. The summed E-state index contributed by atoms with van der Waals surface area (Å²) in [5.41, 5.74) is 0.691. The van der Waals surface area contributed by atoms with Crippen LogP contribution >= 0.6 is 23.3 Å². The third-order valence-corrected chi connectivity index (χ3v) is 3.78. The topological polar surface area (TPSA) is 42.9 Å². The molecule has 1 aromatic carbocycles. The molecule has 0 saturated heterocycles. The molecule has 1 aromatic heterocycles. The molecule has 0 aliphatic heterocycles. The van der Waals surface area contributed by atoms with Gasteiger partial charge in [0.15, 0.2) is 4.34 Å². The highest BCUT2D eigenvalue weighted by atomic mass is 32.2. The maximum absolute atomic E-state index is 10.5. The fourth-order valence-corrected chi connectivity index (χ4v) is 2.81. The van der Waals surface area contributed by atoms with Crippen LogP contribution in [0, 0.1) is 0 Å². The SMILES string of the molecule is CCc1nsc(Sc2ccc(C=O)cc2)n1. The van der Waals surface area contributed by atoms with Gasteiger partial charge in [-0.15, -0.1) is 0 Å². The van der Waals surface area contributed by atoms with Crippen LogP contribution in [-0.4, -0.2) is 15.6 Å². The Hall–Kier alpha value is -1.20. The van der Waals surface area contributed by atoms with Crippen molar-refractivity contribution in [1.82, 2.24) is 9.36 Å². The van der Waals surface area contributed by atoms with Crippen molar-refractivity contribution in [2.75, 3.05) is 0 Å². The van der Waals surface area contributed by atoms with Crippen molar-refractivity contribution in [2.24, 2.45) is 0 Å². The van der Waals surface area contributed by atoms with Gasteiger partial charge in [0.25, 0.3) is 0 Å². The lowest BCUT2D eigenvalue weighted by molar-refractivity contribution is 0.112. The number of carbonyl (C=O) groups excluding carboxylic acids is 1. The summed E-state index contributed by atoms with van der Waals surface area (Å²) in [6.45, 7) is 2.04. The first-order valence-corrected chi connectivity index (χ1v) is 6.46. The first-order chi connectivity index (χ1) is 7.81. The van der Waals surface area contributed by atoms with E-state index in [2.05, 4.69) is 9.36 Å². The van der Waals surface area contributed by atoms with E-state index >= 15 is 0 Å². The molecule has 0 bridgehead atoms. The Kier molecular flexibility index (Phi) is 3.69. The van der Waals surface area contributed by atoms with Crippen molar-refractivity contribution in [2.45, 2.75) is 22.6 Å². The third-order valence-electron chi connectivity index (χ3n) is 1.99. The lowest BCUT2D eigenvalue weighted by Crippen LogP contribution is -1.81. The van der Waals surface area contributed by atoms with E-state index in [9.17, 15) is 4.79 Å². The molecule has 2 aromatic rings. The van der Waals surface area contributed by atoms with Crippen LogP contribution in [0.3, 0.4) is 0 Å². The number of rotatable bonds is 4. The number of aryl methyl sites for hydroxylation is 1. The quantitative estimate of drug-likeness (QED) is 0.782. The van der Waals surface area contributed by atoms with Gasteiger partial charge in [0.1, 0.15) is 12.1 Å². The van der Waals surface area contributed by atoms with Gasteiger partial charge >= 0.3 is 0 Å². The van der Waals surface area contributed by atoms with Gasteiger partial charge in [0.05, 0.1) is 0 Å². The standard InChI is InChI=1S/C11H10N2OS2/c1-2-10-12-11(16-13-10)15-9-5-3-8(7-14)4-6-9/h3-7H,2H2,1H3. The van der Waals surface area contributed by atoms with Gasteiger partial charge in [0.2, 0.25) is 0 Å². The maximum Gasteiger partial charge on any atom is 0.174 e. The molecule has 0 aliphatic rings. The van der Waals surface area contributed by atoms with E-state index in [1.165, 1.54) is 11.5 Å². The second-order valence-electron chi connectivity index (χ2n) is 3.12. The number of aldehydes is 1. The van der Waals surface area contributed by atoms with Crippen LogP contribution in [0.1, 0.15) is 23.1 Å². The second kappa shape index (κ2) is 5.23. The highest BCUT2D eigenvalue weighted by Crippen LogP contribution is 2.28. The average Bonchev–Trinajstić information content (AvgIpc) is 2.78. The molecule has 0 spiro atoms. The van der Waals surface area contributed by atoms with Crippen LogP contribution in [-0.2, 0) is 6.42 Å². The van der Waals surface area contributed by atoms with E-state index in [4.69, 9.17) is 0 Å². The van der Waals surface area contributed by atoms with E-state index in [0.29, 0.717) is 5.56 Å². The second-order valence-corrected chi connectivity index (χ2v) is 5.19. The molecule has 0 aliphatic carbocycles. The normalized spacial score (nSPS) is 10.3. The van der Waals surface area contributed by atoms with Gasteiger partial charge in [-0.1, -0.05) is 30.8 Å². The Labute approximate surface area is 102 Å². The molecule has 0 saturated carbocycles. The van der Waals surface area contributed by atoms with Gasteiger partial charge in [-0.2, -0.15) is 4.37 Å². The highest BCUT2D eigenvalue weighted by molar-refractivity contribution is 8.01. The molecule has 16 heavy (non-hydrogen) atoms. The summed E-state index contributed by atoms with van der Waals surface area (Å²) in [4.78, 5) is 15.9. The zero-order valence-corrected chi connectivity index (χ0v) is 10.3. The van der Waals surface area contributed by atoms with Gasteiger partial charge in [-0.25, -0.2) is 4.98 Å². The molecule has 0 atom stereocenters. The van der Waals surface area contributed by atoms with Crippen molar-refractivity contribution >= 4 is 29.6 Å². The van der Waals surface area contributed by atoms with Crippen molar-refractivity contribution < 1.29 is 4.79 Å². The van der Waals surface area contributed by atoms with Gasteiger partial charge in [0, 0.05) is 16.9 Å². The van der Waals surface area contributed by atoms with Crippen LogP contribution in [0.15, 0.2) is 33.5 Å². The van der Waals surface area contributed by atoms with Crippen molar-refractivity contribution in [3.8, 4) is 0 Å². The smallest absolute Gasteiger partial charge is 0.174 e. The number of carbonyl (C=O) groups is 1. The molecule has 82 valence electrons. The van der Waals surface area contributed by atoms with E-state index in [-0.39, 0.29) is 0 Å². The monoisotopic (exact) mass is 250 g/mol. The number of hydrogen-bond acceptors (Lipinski definition) is 5. The van der Waals surface area contributed by atoms with Crippen LogP contribution in [0.25, 0.3) is 0 Å². The largest absolute Gasteiger partial charge is 0.298 e. The molecular weight excluding hydrogens is 240 g/mol. The number of benzene rings is 1. The Balaban J connectivity index is 2.10. The van der Waals surface area contributed by atoms with Crippen LogP contribution in [0.4, 0.5) is 0 Å². The summed E-state index contributed by atoms with van der Waals surface area (Å²) in [6.07, 6.45) is 1.70. The van der Waals surface area contributed by atoms with Gasteiger partial charge in [-0.3, -0.25) is 4.79 Å². The molecule has 0 fully saturated rings. The van der Waals surface area contributed by atoms with Crippen LogP contribution < -0.4 is 0 Å². The molecule has 0 radical (unpaired) electrons. The predicted octanol–water partition coefficient (Wildman–Crippen LogP) is 3.06. The van der Waals surface area contributed by atoms with Crippen molar-refractivity contribution in [3.05, 3.63) is 35.7 Å². The summed E-state index contributed by atoms with van der Waals surface area (Å²) >= 11 is 2.98. The predicted molar refractivity (Wildman–Crippen MR) is 65.2 cm³/mol. The summed E-state index contributed by atoms with van der Waals surface area (Å²) in [5.74, 6) is 0.886. The Morgan fingerprint density at radius 1 is 1.38 bits per heavy atom. The van der Waals surface area contributed by atoms with Crippen molar-refractivity contribution in [3.63, 3.8) is 0 Å². The minimum Gasteiger partial charge on any atom is -0.298 e. The number of aromatic nitrogens is 2. The molecule has 3 nitrogen and oxygen atoms in total. The van der Waals surface area contributed by atoms with Crippen LogP contribution in [0.2, 0.25) is 0 Å². The molecular formula is C11H10N2OS2. The fraction of sp³-hybridized carbons (Fsp3) is 0.182. The van der Waals surface area contributed by atoms with Gasteiger partial charge in [-0.05, 0) is 23.7 Å². The fourth-order valence-electron chi connectivity index (χ4n) is 1.14. The zero-order valence-electron chi connectivity index (χ0n) is 8.71. The first-order valence-electron chi connectivity index (χ1n) is 4.87. The Bertz CT molecular complexity index is 479. The number of hydrogen-bond donors (Lipinski definition) is 0. The minimum absolute atomic E-state index is 0.691. The van der Waals surface area contributed by atoms with E-state index in [1.54, 1.807) is 23.9 Å². The molecule has 0 N–H and O–H groups in total. The van der Waals surface area contributed by atoms with E-state index in [0.717, 1.165) is 27.8 Å². The average molecular weight is 250 g/mol. The summed E-state index contributed by atoms with van der Waals surface area (Å²) in [5, 5.41) is 0. The number of nitrogens with zero attached hydrogens (tertiary/aromatic N) is 2.